The fourth-order valence-corrected chi connectivity index (χ4v) is 1.85. The van der Waals surface area contributed by atoms with Crippen LogP contribution in [-0.2, 0) is 10.7 Å². The molecule has 2 rings (SSSR count). The van der Waals surface area contributed by atoms with Crippen LogP contribution in [0, 0.1) is 0 Å². The third kappa shape index (κ3) is 1.42. The lowest BCUT2D eigenvalue weighted by atomic mass is 9.97. The summed E-state index contributed by atoms with van der Waals surface area (Å²) in [6.07, 6.45) is 2.72. The van der Waals surface area contributed by atoms with Crippen molar-refractivity contribution in [1.82, 2.24) is 0 Å². The van der Waals surface area contributed by atoms with Crippen LogP contribution < -0.4 is 0 Å². The molecule has 1 aliphatic rings. The predicted octanol–water partition coefficient (Wildman–Crippen LogP) is 3.63. The quantitative estimate of drug-likeness (QED) is 0.674. The van der Waals surface area contributed by atoms with Gasteiger partial charge in [-0.3, -0.25) is 0 Å². The van der Waals surface area contributed by atoms with Crippen LogP contribution in [0.5, 0.6) is 0 Å². The maximum atomic E-state index is 3.48. The van der Waals surface area contributed by atoms with E-state index in [2.05, 4.69) is 47.1 Å². The van der Waals surface area contributed by atoms with Crippen molar-refractivity contribution < 1.29 is 0 Å². The number of rotatable bonds is 2. The summed E-state index contributed by atoms with van der Waals surface area (Å²) in [5.74, 6) is 0. The molecule has 0 saturated heterocycles. The molecule has 0 unspecified atom stereocenters. The van der Waals surface area contributed by atoms with Crippen LogP contribution in [0.4, 0.5) is 0 Å². The minimum absolute atomic E-state index is 0.512. The second kappa shape index (κ2) is 2.88. The van der Waals surface area contributed by atoms with E-state index in [0.717, 1.165) is 5.33 Å². The lowest BCUT2D eigenvalue weighted by Gasteiger charge is -2.09. The molecule has 0 nitrogen and oxygen atoms in total. The summed E-state index contributed by atoms with van der Waals surface area (Å²) in [6.45, 7) is 2.35. The van der Waals surface area contributed by atoms with Crippen molar-refractivity contribution in [3.8, 4) is 0 Å². The highest BCUT2D eigenvalue weighted by molar-refractivity contribution is 9.08. The first-order valence-corrected chi connectivity index (χ1v) is 5.52. The zero-order chi connectivity index (χ0) is 8.60. The van der Waals surface area contributed by atoms with E-state index in [9.17, 15) is 0 Å². The zero-order valence-corrected chi connectivity index (χ0v) is 8.89. The molecule has 0 radical (unpaired) electrons. The predicted molar refractivity (Wildman–Crippen MR) is 55.7 cm³/mol. The SMILES string of the molecule is CC1(c2cccc(CBr)c2)CC1. The summed E-state index contributed by atoms with van der Waals surface area (Å²) >= 11 is 3.48. The Morgan fingerprint density at radius 2 is 2.17 bits per heavy atom. The molecule has 64 valence electrons. The monoisotopic (exact) mass is 224 g/mol. The van der Waals surface area contributed by atoms with Crippen molar-refractivity contribution >= 4 is 15.9 Å². The molecule has 1 aromatic carbocycles. The van der Waals surface area contributed by atoms with E-state index in [4.69, 9.17) is 0 Å². The van der Waals surface area contributed by atoms with Gasteiger partial charge in [-0.05, 0) is 29.4 Å². The Bertz CT molecular complexity index is 287. The van der Waals surface area contributed by atoms with Crippen molar-refractivity contribution in [2.75, 3.05) is 0 Å². The van der Waals surface area contributed by atoms with Gasteiger partial charge in [0, 0.05) is 5.33 Å². The highest BCUT2D eigenvalue weighted by Crippen LogP contribution is 2.47. The summed E-state index contributed by atoms with van der Waals surface area (Å²) in [5, 5.41) is 0.969. The van der Waals surface area contributed by atoms with Gasteiger partial charge in [-0.2, -0.15) is 0 Å². The standard InChI is InChI=1S/C11H13Br/c1-11(5-6-11)10-4-2-3-9(7-10)8-12/h2-4,7H,5-6,8H2,1H3. The number of hydrogen-bond donors (Lipinski definition) is 0. The molecule has 0 N–H and O–H groups in total. The van der Waals surface area contributed by atoms with E-state index in [-0.39, 0.29) is 0 Å². The summed E-state index contributed by atoms with van der Waals surface area (Å²) in [6, 6.07) is 8.90. The average Bonchev–Trinajstić information content (AvgIpc) is 2.85. The molecule has 0 heterocycles. The third-order valence-corrected chi connectivity index (χ3v) is 3.43. The second-order valence-corrected chi connectivity index (χ2v) is 4.46. The van der Waals surface area contributed by atoms with E-state index in [1.54, 1.807) is 0 Å². The van der Waals surface area contributed by atoms with Gasteiger partial charge in [0.2, 0.25) is 0 Å². The maximum Gasteiger partial charge on any atom is 0.0283 e. The Morgan fingerprint density at radius 1 is 1.42 bits per heavy atom. The fraction of sp³-hybridized carbons (Fsp3) is 0.455. The van der Waals surface area contributed by atoms with Crippen molar-refractivity contribution in [2.45, 2.75) is 30.5 Å². The molecule has 1 aromatic rings. The first-order valence-electron chi connectivity index (χ1n) is 4.40. The summed E-state index contributed by atoms with van der Waals surface area (Å²) < 4.78 is 0. The molecule has 0 amide bonds. The molecule has 12 heavy (non-hydrogen) atoms. The molecule has 0 aromatic heterocycles. The van der Waals surface area contributed by atoms with Crippen LogP contribution in [0.15, 0.2) is 24.3 Å². The maximum absolute atomic E-state index is 3.48. The van der Waals surface area contributed by atoms with Crippen LogP contribution in [0.25, 0.3) is 0 Å². The van der Waals surface area contributed by atoms with E-state index >= 15 is 0 Å². The van der Waals surface area contributed by atoms with Gasteiger partial charge in [0.05, 0.1) is 0 Å². The molecule has 1 aliphatic carbocycles. The lowest BCUT2D eigenvalue weighted by molar-refractivity contribution is 0.786. The first kappa shape index (κ1) is 8.31. The molecule has 0 spiro atoms. The van der Waals surface area contributed by atoms with Crippen LogP contribution in [-0.4, -0.2) is 0 Å². The largest absolute Gasteiger partial charge is 0.0876 e. The van der Waals surface area contributed by atoms with Crippen LogP contribution in [0.2, 0.25) is 0 Å². The van der Waals surface area contributed by atoms with Crippen molar-refractivity contribution in [1.29, 1.82) is 0 Å². The number of benzene rings is 1. The lowest BCUT2D eigenvalue weighted by Crippen LogP contribution is -1.99. The van der Waals surface area contributed by atoms with E-state index in [1.807, 2.05) is 0 Å². The van der Waals surface area contributed by atoms with Crippen molar-refractivity contribution in [2.24, 2.45) is 0 Å². The number of halogens is 1. The van der Waals surface area contributed by atoms with Crippen molar-refractivity contribution in [3.05, 3.63) is 35.4 Å². The Balaban J connectivity index is 2.32. The molecule has 0 aliphatic heterocycles. The Morgan fingerprint density at radius 3 is 2.75 bits per heavy atom. The van der Waals surface area contributed by atoms with E-state index in [0.29, 0.717) is 5.41 Å². The summed E-state index contributed by atoms with van der Waals surface area (Å²) in [4.78, 5) is 0. The van der Waals surface area contributed by atoms with Gasteiger partial charge in [0.15, 0.2) is 0 Å². The van der Waals surface area contributed by atoms with Gasteiger partial charge >= 0.3 is 0 Å². The fourth-order valence-electron chi connectivity index (χ4n) is 1.51. The normalized spacial score (nSPS) is 19.2. The smallest absolute Gasteiger partial charge is 0.0283 e. The van der Waals surface area contributed by atoms with Crippen molar-refractivity contribution in [3.63, 3.8) is 0 Å². The number of hydrogen-bond acceptors (Lipinski definition) is 0. The molecule has 1 heteroatoms. The van der Waals surface area contributed by atoms with Gasteiger partial charge in [-0.25, -0.2) is 0 Å². The van der Waals surface area contributed by atoms with Gasteiger partial charge < -0.3 is 0 Å². The van der Waals surface area contributed by atoms with E-state index < -0.39 is 0 Å². The van der Waals surface area contributed by atoms with Gasteiger partial charge in [0.1, 0.15) is 0 Å². The molecular weight excluding hydrogens is 212 g/mol. The van der Waals surface area contributed by atoms with Crippen LogP contribution >= 0.6 is 15.9 Å². The Kier molecular flexibility index (Phi) is 1.99. The average molecular weight is 225 g/mol. The summed E-state index contributed by atoms with van der Waals surface area (Å²) in [5.41, 5.74) is 3.41. The van der Waals surface area contributed by atoms with Gasteiger partial charge in [-0.1, -0.05) is 47.1 Å². The highest BCUT2D eigenvalue weighted by atomic mass is 79.9. The second-order valence-electron chi connectivity index (χ2n) is 3.89. The minimum atomic E-state index is 0.512. The molecule has 0 bridgehead atoms. The minimum Gasteiger partial charge on any atom is -0.0876 e. The molecule has 1 saturated carbocycles. The Labute approximate surface area is 82.1 Å². The summed E-state index contributed by atoms with van der Waals surface area (Å²) in [7, 11) is 0. The van der Waals surface area contributed by atoms with Crippen LogP contribution in [0.1, 0.15) is 30.9 Å². The topological polar surface area (TPSA) is 0 Å². The molecule has 0 atom stereocenters. The third-order valence-electron chi connectivity index (χ3n) is 2.78. The highest BCUT2D eigenvalue weighted by Gasteiger charge is 2.38. The molecule has 1 fully saturated rings. The Hall–Kier alpha value is -0.300. The van der Waals surface area contributed by atoms with Crippen LogP contribution in [0.3, 0.4) is 0 Å². The zero-order valence-electron chi connectivity index (χ0n) is 7.31. The first-order chi connectivity index (χ1) is 5.74. The van der Waals surface area contributed by atoms with Gasteiger partial charge in [0.25, 0.3) is 0 Å². The van der Waals surface area contributed by atoms with Gasteiger partial charge in [-0.15, -0.1) is 0 Å². The number of alkyl halides is 1. The molecular formula is C11H13Br. The van der Waals surface area contributed by atoms with E-state index in [1.165, 1.54) is 24.0 Å².